The van der Waals surface area contributed by atoms with Gasteiger partial charge in [0.25, 0.3) is 0 Å². The zero-order valence-electron chi connectivity index (χ0n) is 17.9. The fourth-order valence-electron chi connectivity index (χ4n) is 4.57. The first-order valence-electron chi connectivity index (χ1n) is 11.3. The summed E-state index contributed by atoms with van der Waals surface area (Å²) in [5.74, 6) is 2.66. The van der Waals surface area contributed by atoms with Gasteiger partial charge in [0.15, 0.2) is 0 Å². The van der Waals surface area contributed by atoms with Gasteiger partial charge in [-0.1, -0.05) is 30.3 Å². The highest BCUT2D eigenvalue weighted by atomic mass is 16.5. The van der Waals surface area contributed by atoms with E-state index in [0.717, 1.165) is 88.8 Å². The van der Waals surface area contributed by atoms with Crippen molar-refractivity contribution in [2.75, 3.05) is 80.4 Å². The topological polar surface area (TPSA) is 74.2 Å². The van der Waals surface area contributed by atoms with E-state index in [4.69, 9.17) is 19.4 Å². The van der Waals surface area contributed by atoms with Crippen LogP contribution in [0.2, 0.25) is 0 Å². The molecular weight excluding hydrogens is 394 g/mol. The molecular formula is C23H31N5O3. The molecule has 0 amide bonds. The minimum absolute atomic E-state index is 0.662. The third-order valence-electron chi connectivity index (χ3n) is 6.54. The standard InChI is InChI=1S/C23H31N5O3/c29-23(19-4-2-1-3-5-19)6-8-28(9-7-23)22-24-20(26-10-14-30-15-11-26)18-21(25-22)27-12-16-31-17-13-27/h1-5,18,29H,6-17H2. The van der Waals surface area contributed by atoms with Gasteiger partial charge in [-0.05, 0) is 18.4 Å². The first kappa shape index (κ1) is 20.5. The monoisotopic (exact) mass is 425 g/mol. The van der Waals surface area contributed by atoms with Crippen LogP contribution in [0.25, 0.3) is 0 Å². The minimum atomic E-state index is -0.785. The number of benzene rings is 1. The molecule has 0 radical (unpaired) electrons. The Balaban J connectivity index is 1.39. The summed E-state index contributed by atoms with van der Waals surface area (Å²) in [6.45, 7) is 7.69. The minimum Gasteiger partial charge on any atom is -0.385 e. The summed E-state index contributed by atoms with van der Waals surface area (Å²) >= 11 is 0. The molecule has 0 aliphatic carbocycles. The normalized spacial score (nSPS) is 21.9. The highest BCUT2D eigenvalue weighted by Crippen LogP contribution is 2.34. The van der Waals surface area contributed by atoms with Crippen LogP contribution in [-0.4, -0.2) is 80.8 Å². The molecule has 3 fully saturated rings. The van der Waals surface area contributed by atoms with Crippen LogP contribution < -0.4 is 14.7 Å². The second-order valence-corrected chi connectivity index (χ2v) is 8.47. The van der Waals surface area contributed by atoms with Gasteiger partial charge in [0.2, 0.25) is 5.95 Å². The highest BCUT2D eigenvalue weighted by Gasteiger charge is 2.35. The van der Waals surface area contributed by atoms with E-state index >= 15 is 0 Å². The van der Waals surface area contributed by atoms with Crippen molar-refractivity contribution in [3.05, 3.63) is 42.0 Å². The van der Waals surface area contributed by atoms with Crippen molar-refractivity contribution >= 4 is 17.6 Å². The number of morpholine rings is 2. The third kappa shape index (κ3) is 4.46. The molecule has 0 spiro atoms. The summed E-state index contributed by atoms with van der Waals surface area (Å²) in [4.78, 5) is 16.7. The number of piperidine rings is 1. The molecule has 8 heteroatoms. The summed E-state index contributed by atoms with van der Waals surface area (Å²) in [6, 6.07) is 12.1. The molecule has 166 valence electrons. The molecule has 0 unspecified atom stereocenters. The number of rotatable bonds is 4. The van der Waals surface area contributed by atoms with Crippen LogP contribution in [0, 0.1) is 0 Å². The third-order valence-corrected chi connectivity index (χ3v) is 6.54. The predicted octanol–water partition coefficient (Wildman–Crippen LogP) is 1.64. The lowest BCUT2D eigenvalue weighted by Crippen LogP contribution is -2.44. The molecule has 5 rings (SSSR count). The van der Waals surface area contributed by atoms with Crippen LogP contribution in [0.4, 0.5) is 17.6 Å². The summed E-state index contributed by atoms with van der Waals surface area (Å²) in [7, 11) is 0. The van der Waals surface area contributed by atoms with E-state index in [0.29, 0.717) is 12.8 Å². The summed E-state index contributed by atoms with van der Waals surface area (Å²) < 4.78 is 11.1. The number of anilines is 3. The maximum atomic E-state index is 11.2. The quantitative estimate of drug-likeness (QED) is 0.793. The van der Waals surface area contributed by atoms with E-state index in [9.17, 15) is 5.11 Å². The summed E-state index contributed by atoms with van der Waals surface area (Å²) in [6.07, 6.45) is 1.32. The predicted molar refractivity (Wildman–Crippen MR) is 120 cm³/mol. The van der Waals surface area contributed by atoms with E-state index in [1.165, 1.54) is 0 Å². The van der Waals surface area contributed by atoms with Crippen LogP contribution in [-0.2, 0) is 15.1 Å². The number of aliphatic hydroxyl groups is 1. The van der Waals surface area contributed by atoms with Gasteiger partial charge < -0.3 is 29.3 Å². The van der Waals surface area contributed by atoms with Crippen LogP contribution in [0.3, 0.4) is 0 Å². The molecule has 1 N–H and O–H groups in total. The Morgan fingerprint density at radius 2 is 1.23 bits per heavy atom. The van der Waals surface area contributed by atoms with E-state index in [1.807, 2.05) is 30.3 Å². The van der Waals surface area contributed by atoms with E-state index < -0.39 is 5.60 Å². The number of ether oxygens (including phenoxy) is 2. The number of nitrogens with zero attached hydrogens (tertiary/aromatic N) is 5. The van der Waals surface area contributed by atoms with E-state index in [1.54, 1.807) is 0 Å². The van der Waals surface area contributed by atoms with Crippen molar-refractivity contribution in [1.82, 2.24) is 9.97 Å². The maximum absolute atomic E-state index is 11.2. The van der Waals surface area contributed by atoms with Crippen molar-refractivity contribution in [3.63, 3.8) is 0 Å². The number of aromatic nitrogens is 2. The lowest BCUT2D eigenvalue weighted by molar-refractivity contribution is 0.0115. The van der Waals surface area contributed by atoms with E-state index in [2.05, 4.69) is 20.8 Å². The summed E-state index contributed by atoms with van der Waals surface area (Å²) in [5, 5.41) is 11.2. The Kier molecular flexibility index (Phi) is 5.93. The van der Waals surface area contributed by atoms with Crippen LogP contribution in [0.15, 0.2) is 36.4 Å². The van der Waals surface area contributed by atoms with Gasteiger partial charge in [0.05, 0.1) is 32.0 Å². The number of hydrogen-bond acceptors (Lipinski definition) is 8. The Morgan fingerprint density at radius 1 is 0.710 bits per heavy atom. The highest BCUT2D eigenvalue weighted by molar-refractivity contribution is 5.56. The first-order valence-corrected chi connectivity index (χ1v) is 11.3. The zero-order chi connectivity index (χ0) is 21.1. The Bertz CT molecular complexity index is 825. The van der Waals surface area contributed by atoms with Gasteiger partial charge in [0.1, 0.15) is 11.6 Å². The van der Waals surface area contributed by atoms with Crippen molar-refractivity contribution in [2.45, 2.75) is 18.4 Å². The molecule has 31 heavy (non-hydrogen) atoms. The Labute approximate surface area is 183 Å². The van der Waals surface area contributed by atoms with Gasteiger partial charge >= 0.3 is 0 Å². The second kappa shape index (κ2) is 8.98. The molecule has 3 saturated heterocycles. The average molecular weight is 426 g/mol. The molecule has 2 aromatic rings. The number of hydrogen-bond donors (Lipinski definition) is 1. The second-order valence-electron chi connectivity index (χ2n) is 8.47. The van der Waals surface area contributed by atoms with Gasteiger partial charge in [-0.2, -0.15) is 9.97 Å². The molecule has 1 aromatic carbocycles. The zero-order valence-corrected chi connectivity index (χ0v) is 17.9. The first-order chi connectivity index (χ1) is 15.2. The van der Waals surface area contributed by atoms with Crippen molar-refractivity contribution in [2.24, 2.45) is 0 Å². The molecule has 3 aliphatic heterocycles. The lowest BCUT2D eigenvalue weighted by Gasteiger charge is -2.39. The SMILES string of the molecule is OC1(c2ccccc2)CCN(c2nc(N3CCOCC3)cc(N3CCOCC3)n2)CC1. The lowest BCUT2D eigenvalue weighted by atomic mass is 9.84. The molecule has 0 saturated carbocycles. The maximum Gasteiger partial charge on any atom is 0.229 e. The van der Waals surface area contributed by atoms with Crippen molar-refractivity contribution in [1.29, 1.82) is 0 Å². The molecule has 1 aromatic heterocycles. The van der Waals surface area contributed by atoms with Gasteiger partial charge in [0, 0.05) is 45.3 Å². The molecule has 4 heterocycles. The Morgan fingerprint density at radius 3 is 1.74 bits per heavy atom. The van der Waals surface area contributed by atoms with Crippen molar-refractivity contribution < 1.29 is 14.6 Å². The van der Waals surface area contributed by atoms with E-state index in [-0.39, 0.29) is 0 Å². The van der Waals surface area contributed by atoms with Gasteiger partial charge in [-0.3, -0.25) is 0 Å². The Hall–Kier alpha value is -2.42. The smallest absolute Gasteiger partial charge is 0.229 e. The van der Waals surface area contributed by atoms with Crippen LogP contribution in [0.5, 0.6) is 0 Å². The van der Waals surface area contributed by atoms with Gasteiger partial charge in [-0.15, -0.1) is 0 Å². The molecule has 8 nitrogen and oxygen atoms in total. The molecule has 0 bridgehead atoms. The van der Waals surface area contributed by atoms with Crippen LogP contribution in [0.1, 0.15) is 18.4 Å². The molecule has 3 aliphatic rings. The fraction of sp³-hybridized carbons (Fsp3) is 0.565. The molecule has 0 atom stereocenters. The average Bonchev–Trinajstić information content (AvgIpc) is 2.86. The van der Waals surface area contributed by atoms with Crippen molar-refractivity contribution in [3.8, 4) is 0 Å². The van der Waals surface area contributed by atoms with Crippen LogP contribution >= 0.6 is 0 Å². The summed E-state index contributed by atoms with van der Waals surface area (Å²) in [5.41, 5.74) is 0.207. The fourth-order valence-corrected chi connectivity index (χ4v) is 4.57. The van der Waals surface area contributed by atoms with Gasteiger partial charge in [-0.25, -0.2) is 0 Å². The largest absolute Gasteiger partial charge is 0.385 e.